The van der Waals surface area contributed by atoms with Gasteiger partial charge in [-0.3, -0.25) is 4.90 Å². The van der Waals surface area contributed by atoms with E-state index in [1.54, 1.807) is 4.90 Å². The van der Waals surface area contributed by atoms with Gasteiger partial charge in [-0.1, -0.05) is 31.5 Å². The summed E-state index contributed by atoms with van der Waals surface area (Å²) in [5.74, 6) is 0.979. The minimum atomic E-state index is -0.315. The van der Waals surface area contributed by atoms with E-state index in [-0.39, 0.29) is 6.03 Å². The van der Waals surface area contributed by atoms with E-state index in [2.05, 4.69) is 24.0 Å². The second-order valence-electron chi connectivity index (χ2n) is 5.76. The van der Waals surface area contributed by atoms with E-state index >= 15 is 0 Å². The third kappa shape index (κ3) is 4.91. The Morgan fingerprint density at radius 2 is 2.05 bits per heavy atom. The normalized spacial score (nSPS) is 16.3. The van der Waals surface area contributed by atoms with Gasteiger partial charge in [-0.15, -0.1) is 0 Å². The van der Waals surface area contributed by atoms with Crippen molar-refractivity contribution in [1.29, 1.82) is 0 Å². The molecule has 122 valence electrons. The first-order valence-electron chi connectivity index (χ1n) is 8.18. The molecule has 0 atom stereocenters. The summed E-state index contributed by atoms with van der Waals surface area (Å²) in [5, 5.41) is 0. The number of benzene rings is 1. The van der Waals surface area contributed by atoms with Crippen molar-refractivity contribution >= 4 is 6.03 Å². The molecule has 1 saturated heterocycles. The zero-order valence-corrected chi connectivity index (χ0v) is 13.5. The smallest absolute Gasteiger partial charge is 0.314 e. The summed E-state index contributed by atoms with van der Waals surface area (Å²) in [6.07, 6.45) is 3.17. The summed E-state index contributed by atoms with van der Waals surface area (Å²) < 4.78 is 5.90. The topological polar surface area (TPSA) is 58.8 Å². The van der Waals surface area contributed by atoms with Crippen molar-refractivity contribution < 1.29 is 9.53 Å². The number of hydrogen-bond acceptors (Lipinski definition) is 3. The number of carbonyl (C=O) groups is 1. The molecular weight excluding hydrogens is 278 g/mol. The molecular formula is C17H27N3O2. The van der Waals surface area contributed by atoms with Crippen LogP contribution in [0.25, 0.3) is 0 Å². The number of para-hydroxylation sites is 1. The Morgan fingerprint density at radius 1 is 1.23 bits per heavy atom. The van der Waals surface area contributed by atoms with E-state index < -0.39 is 0 Å². The molecule has 0 bridgehead atoms. The number of unbranched alkanes of at least 4 members (excludes halogenated alkanes) is 1. The van der Waals surface area contributed by atoms with Crippen molar-refractivity contribution in [3.63, 3.8) is 0 Å². The highest BCUT2D eigenvalue weighted by Gasteiger charge is 2.18. The number of carbonyl (C=O) groups excluding carboxylic acids is 1. The van der Waals surface area contributed by atoms with Crippen molar-refractivity contribution in [2.45, 2.75) is 32.7 Å². The molecule has 0 radical (unpaired) electrons. The first kappa shape index (κ1) is 16.6. The molecule has 1 aromatic rings. The largest absolute Gasteiger partial charge is 0.493 e. The molecule has 0 saturated carbocycles. The molecule has 0 spiro atoms. The van der Waals surface area contributed by atoms with Crippen LogP contribution < -0.4 is 10.5 Å². The number of nitrogens with zero attached hydrogens (tertiary/aromatic N) is 2. The van der Waals surface area contributed by atoms with Crippen LogP contribution in [-0.2, 0) is 6.54 Å². The van der Waals surface area contributed by atoms with Crippen LogP contribution in [-0.4, -0.2) is 48.6 Å². The van der Waals surface area contributed by atoms with Crippen molar-refractivity contribution in [1.82, 2.24) is 9.80 Å². The maximum absolute atomic E-state index is 11.3. The molecule has 0 aromatic heterocycles. The molecule has 2 rings (SSSR count). The Kier molecular flexibility index (Phi) is 6.52. The number of rotatable bonds is 6. The van der Waals surface area contributed by atoms with Crippen molar-refractivity contribution in [2.24, 2.45) is 5.73 Å². The highest BCUT2D eigenvalue weighted by Crippen LogP contribution is 2.21. The Labute approximate surface area is 133 Å². The Morgan fingerprint density at radius 3 is 2.82 bits per heavy atom. The molecule has 22 heavy (non-hydrogen) atoms. The van der Waals surface area contributed by atoms with Crippen LogP contribution in [0.1, 0.15) is 31.7 Å². The van der Waals surface area contributed by atoms with Crippen LogP contribution in [0.15, 0.2) is 24.3 Å². The Hall–Kier alpha value is -1.75. The highest BCUT2D eigenvalue weighted by atomic mass is 16.5. The first-order valence-corrected chi connectivity index (χ1v) is 8.18. The second-order valence-corrected chi connectivity index (χ2v) is 5.76. The van der Waals surface area contributed by atoms with Crippen LogP contribution in [0, 0.1) is 0 Å². The number of primary amides is 1. The van der Waals surface area contributed by atoms with Gasteiger partial charge in [0.15, 0.2) is 0 Å². The fourth-order valence-electron chi connectivity index (χ4n) is 2.69. The quantitative estimate of drug-likeness (QED) is 0.821. The molecule has 2 N–H and O–H groups in total. The molecule has 5 heteroatoms. The van der Waals surface area contributed by atoms with E-state index in [4.69, 9.17) is 10.5 Å². The zero-order valence-electron chi connectivity index (χ0n) is 13.5. The molecule has 0 aliphatic carbocycles. The summed E-state index contributed by atoms with van der Waals surface area (Å²) in [6, 6.07) is 7.92. The van der Waals surface area contributed by atoms with E-state index in [0.29, 0.717) is 6.54 Å². The summed E-state index contributed by atoms with van der Waals surface area (Å²) in [6.45, 7) is 7.07. The predicted octanol–water partition coefficient (Wildman–Crippen LogP) is 2.45. The zero-order chi connectivity index (χ0) is 15.8. The highest BCUT2D eigenvalue weighted by molar-refractivity contribution is 5.71. The monoisotopic (exact) mass is 305 g/mol. The lowest BCUT2D eigenvalue weighted by Crippen LogP contribution is -2.38. The van der Waals surface area contributed by atoms with Gasteiger partial charge in [-0.05, 0) is 18.9 Å². The maximum atomic E-state index is 11.3. The lowest BCUT2D eigenvalue weighted by Gasteiger charge is -2.22. The van der Waals surface area contributed by atoms with Gasteiger partial charge in [-0.25, -0.2) is 4.79 Å². The number of urea groups is 1. The average molecular weight is 305 g/mol. The van der Waals surface area contributed by atoms with Crippen molar-refractivity contribution in [2.75, 3.05) is 32.8 Å². The van der Waals surface area contributed by atoms with Crippen LogP contribution in [0.2, 0.25) is 0 Å². The molecule has 0 unspecified atom stereocenters. The maximum Gasteiger partial charge on any atom is 0.314 e. The minimum Gasteiger partial charge on any atom is -0.493 e. The third-order valence-corrected chi connectivity index (χ3v) is 4.02. The van der Waals surface area contributed by atoms with E-state index in [1.807, 2.05) is 12.1 Å². The Bertz CT molecular complexity index is 479. The van der Waals surface area contributed by atoms with Gasteiger partial charge < -0.3 is 15.4 Å². The lowest BCUT2D eigenvalue weighted by atomic mass is 10.2. The number of amides is 2. The molecule has 1 heterocycles. The molecule has 1 fully saturated rings. The van der Waals surface area contributed by atoms with E-state index in [9.17, 15) is 4.79 Å². The summed E-state index contributed by atoms with van der Waals surface area (Å²) in [4.78, 5) is 15.4. The molecule has 1 aromatic carbocycles. The second kappa shape index (κ2) is 8.63. The summed E-state index contributed by atoms with van der Waals surface area (Å²) in [5.41, 5.74) is 6.59. The van der Waals surface area contributed by atoms with Gasteiger partial charge in [0, 0.05) is 38.3 Å². The van der Waals surface area contributed by atoms with Gasteiger partial charge >= 0.3 is 6.03 Å². The van der Waals surface area contributed by atoms with Gasteiger partial charge in [0.1, 0.15) is 5.75 Å². The van der Waals surface area contributed by atoms with E-state index in [1.165, 1.54) is 5.56 Å². The van der Waals surface area contributed by atoms with Crippen LogP contribution in [0.5, 0.6) is 5.75 Å². The number of hydrogen-bond donors (Lipinski definition) is 1. The molecule has 5 nitrogen and oxygen atoms in total. The van der Waals surface area contributed by atoms with Crippen molar-refractivity contribution in [3.05, 3.63) is 29.8 Å². The van der Waals surface area contributed by atoms with Gasteiger partial charge in [0.25, 0.3) is 0 Å². The summed E-state index contributed by atoms with van der Waals surface area (Å²) in [7, 11) is 0. The van der Waals surface area contributed by atoms with Gasteiger partial charge in [-0.2, -0.15) is 0 Å². The number of nitrogens with two attached hydrogens (primary N) is 1. The summed E-state index contributed by atoms with van der Waals surface area (Å²) >= 11 is 0. The predicted molar refractivity (Wildman–Crippen MR) is 87.9 cm³/mol. The lowest BCUT2D eigenvalue weighted by molar-refractivity contribution is 0.206. The first-order chi connectivity index (χ1) is 10.7. The minimum absolute atomic E-state index is 0.315. The number of ether oxygens (including phenoxy) is 1. The fraction of sp³-hybridized carbons (Fsp3) is 0.588. The van der Waals surface area contributed by atoms with Gasteiger partial charge in [0.05, 0.1) is 6.61 Å². The molecule has 1 aliphatic rings. The van der Waals surface area contributed by atoms with Crippen LogP contribution in [0.4, 0.5) is 4.79 Å². The Balaban J connectivity index is 1.94. The van der Waals surface area contributed by atoms with Crippen LogP contribution in [0.3, 0.4) is 0 Å². The SMILES string of the molecule is CCCCOc1ccccc1CN1CCCN(C(N)=O)CC1. The average Bonchev–Trinajstić information content (AvgIpc) is 2.75. The third-order valence-electron chi connectivity index (χ3n) is 4.02. The fourth-order valence-corrected chi connectivity index (χ4v) is 2.69. The van der Waals surface area contributed by atoms with Gasteiger partial charge in [0.2, 0.25) is 0 Å². The molecule has 2 amide bonds. The molecule has 1 aliphatic heterocycles. The standard InChI is InChI=1S/C17H27N3O2/c1-2-3-13-22-16-8-5-4-7-15(16)14-19-9-6-10-20(12-11-19)17(18)21/h4-5,7-8H,2-3,6,9-14H2,1H3,(H2,18,21). The van der Waals surface area contributed by atoms with Crippen molar-refractivity contribution in [3.8, 4) is 5.75 Å². The van der Waals surface area contributed by atoms with Crippen LogP contribution >= 0.6 is 0 Å². The van der Waals surface area contributed by atoms with E-state index in [0.717, 1.165) is 57.8 Å².